The first-order chi connectivity index (χ1) is 10.2. The molecule has 5 heteroatoms. The van der Waals surface area contributed by atoms with Crippen molar-refractivity contribution in [1.82, 2.24) is 10.3 Å². The zero-order chi connectivity index (χ0) is 14.3. The molecule has 0 saturated carbocycles. The Morgan fingerprint density at radius 3 is 2.67 bits per heavy atom. The molecule has 2 saturated heterocycles. The highest BCUT2D eigenvalue weighted by Crippen LogP contribution is 2.40. The van der Waals surface area contributed by atoms with Gasteiger partial charge in [0.2, 0.25) is 0 Å². The standard InChI is InChI=1S/C16H16ClN3O/c17-12-3-6-15(18-8-12)20-13-4-1-11(2-5-13)16-7-14(9-21-16)19-10-16/h1-6,8,14,19H,7,9-10H2,(H,18,20)/t14-,16-/m1/s1. The highest BCUT2D eigenvalue weighted by atomic mass is 35.5. The zero-order valence-corrected chi connectivity index (χ0v) is 12.2. The first-order valence-electron chi connectivity index (χ1n) is 7.10. The van der Waals surface area contributed by atoms with Crippen LogP contribution >= 0.6 is 11.6 Å². The summed E-state index contributed by atoms with van der Waals surface area (Å²) in [5.74, 6) is 0.782. The molecule has 2 aliphatic heterocycles. The Bertz CT molecular complexity index is 634. The van der Waals surface area contributed by atoms with Gasteiger partial charge in [0.15, 0.2) is 0 Å². The van der Waals surface area contributed by atoms with E-state index in [2.05, 4.69) is 39.9 Å². The summed E-state index contributed by atoms with van der Waals surface area (Å²) in [7, 11) is 0. The molecule has 4 rings (SSSR count). The van der Waals surface area contributed by atoms with E-state index in [9.17, 15) is 0 Å². The third-order valence-electron chi connectivity index (χ3n) is 4.22. The van der Waals surface area contributed by atoms with Crippen molar-refractivity contribution in [3.8, 4) is 0 Å². The Morgan fingerprint density at radius 1 is 1.24 bits per heavy atom. The van der Waals surface area contributed by atoms with Crippen molar-refractivity contribution in [1.29, 1.82) is 0 Å². The molecule has 2 aliphatic rings. The molecule has 1 aromatic heterocycles. The maximum absolute atomic E-state index is 5.99. The van der Waals surface area contributed by atoms with Crippen LogP contribution in [0.5, 0.6) is 0 Å². The second-order valence-corrected chi connectivity index (χ2v) is 6.09. The minimum atomic E-state index is -0.123. The average molecular weight is 302 g/mol. The predicted octanol–water partition coefficient (Wildman–Crippen LogP) is 3.07. The van der Waals surface area contributed by atoms with Gasteiger partial charge in [0, 0.05) is 24.5 Å². The van der Waals surface area contributed by atoms with Crippen LogP contribution in [-0.2, 0) is 10.3 Å². The highest BCUT2D eigenvalue weighted by Gasteiger charge is 2.47. The number of aromatic nitrogens is 1. The van der Waals surface area contributed by atoms with Crippen molar-refractivity contribution in [2.24, 2.45) is 0 Å². The van der Waals surface area contributed by atoms with Crippen LogP contribution in [0.25, 0.3) is 0 Å². The van der Waals surface area contributed by atoms with E-state index in [1.54, 1.807) is 6.20 Å². The Kier molecular flexibility index (Phi) is 3.10. The summed E-state index contributed by atoms with van der Waals surface area (Å²) in [4.78, 5) is 4.23. The molecule has 4 nitrogen and oxygen atoms in total. The van der Waals surface area contributed by atoms with Crippen LogP contribution in [0, 0.1) is 0 Å². The number of halogens is 1. The number of hydrogen-bond acceptors (Lipinski definition) is 4. The fourth-order valence-electron chi connectivity index (χ4n) is 3.10. The van der Waals surface area contributed by atoms with Crippen molar-refractivity contribution in [3.63, 3.8) is 0 Å². The summed E-state index contributed by atoms with van der Waals surface area (Å²) in [6.45, 7) is 1.72. The van der Waals surface area contributed by atoms with Crippen molar-refractivity contribution in [2.45, 2.75) is 18.1 Å². The maximum Gasteiger partial charge on any atom is 0.130 e. The first kappa shape index (κ1) is 13.1. The molecule has 0 radical (unpaired) electrons. The average Bonchev–Trinajstić information content (AvgIpc) is 3.12. The molecule has 2 N–H and O–H groups in total. The van der Waals surface area contributed by atoms with Gasteiger partial charge >= 0.3 is 0 Å². The van der Waals surface area contributed by atoms with Crippen molar-refractivity contribution in [2.75, 3.05) is 18.5 Å². The number of rotatable bonds is 3. The molecular formula is C16H16ClN3O. The van der Waals surface area contributed by atoms with Gasteiger partial charge in [-0.25, -0.2) is 4.98 Å². The first-order valence-corrected chi connectivity index (χ1v) is 7.48. The van der Waals surface area contributed by atoms with Crippen LogP contribution in [0.4, 0.5) is 11.5 Å². The molecule has 2 aromatic rings. The van der Waals surface area contributed by atoms with E-state index < -0.39 is 0 Å². The topological polar surface area (TPSA) is 46.2 Å². The van der Waals surface area contributed by atoms with Gasteiger partial charge in [0.1, 0.15) is 11.4 Å². The van der Waals surface area contributed by atoms with Gasteiger partial charge in [-0.3, -0.25) is 0 Å². The van der Waals surface area contributed by atoms with Crippen LogP contribution in [0.15, 0.2) is 42.6 Å². The highest BCUT2D eigenvalue weighted by molar-refractivity contribution is 6.30. The molecule has 0 aliphatic carbocycles. The molecule has 0 spiro atoms. The van der Waals surface area contributed by atoms with E-state index in [-0.39, 0.29) is 5.60 Å². The van der Waals surface area contributed by atoms with Crippen molar-refractivity contribution in [3.05, 3.63) is 53.2 Å². The Balaban J connectivity index is 1.52. The van der Waals surface area contributed by atoms with Crippen LogP contribution in [0.2, 0.25) is 5.02 Å². The fraction of sp³-hybridized carbons (Fsp3) is 0.312. The van der Waals surface area contributed by atoms with Gasteiger partial charge in [-0.1, -0.05) is 23.7 Å². The molecule has 3 heterocycles. The number of fused-ring (bicyclic) bond motifs is 2. The summed E-state index contributed by atoms with van der Waals surface area (Å²) in [5.41, 5.74) is 2.12. The van der Waals surface area contributed by atoms with E-state index in [1.165, 1.54) is 5.56 Å². The molecule has 2 bridgehead atoms. The third-order valence-corrected chi connectivity index (χ3v) is 4.45. The van der Waals surface area contributed by atoms with E-state index in [1.807, 2.05) is 12.1 Å². The fourth-order valence-corrected chi connectivity index (χ4v) is 3.21. The second kappa shape index (κ2) is 4.98. The van der Waals surface area contributed by atoms with Crippen LogP contribution < -0.4 is 10.6 Å². The lowest BCUT2D eigenvalue weighted by Crippen LogP contribution is -2.37. The van der Waals surface area contributed by atoms with Crippen molar-refractivity contribution >= 4 is 23.1 Å². The number of morpholine rings is 1. The van der Waals surface area contributed by atoms with Gasteiger partial charge in [-0.2, -0.15) is 0 Å². The number of benzene rings is 1. The molecule has 21 heavy (non-hydrogen) atoms. The molecule has 108 valence electrons. The lowest BCUT2D eigenvalue weighted by Gasteiger charge is -2.27. The van der Waals surface area contributed by atoms with Gasteiger partial charge in [-0.15, -0.1) is 0 Å². The molecule has 0 unspecified atom stereocenters. The quantitative estimate of drug-likeness (QED) is 0.914. The lowest BCUT2D eigenvalue weighted by atomic mass is 9.93. The second-order valence-electron chi connectivity index (χ2n) is 5.65. The van der Waals surface area contributed by atoms with Gasteiger partial charge in [-0.05, 0) is 36.2 Å². The predicted molar refractivity (Wildman–Crippen MR) is 83.0 cm³/mol. The smallest absolute Gasteiger partial charge is 0.130 e. The number of nitrogens with zero attached hydrogens (tertiary/aromatic N) is 1. The molecular weight excluding hydrogens is 286 g/mol. The summed E-state index contributed by atoms with van der Waals surface area (Å²) in [5, 5.41) is 7.39. The van der Waals surface area contributed by atoms with E-state index in [4.69, 9.17) is 16.3 Å². The minimum Gasteiger partial charge on any atom is -0.367 e. The Morgan fingerprint density at radius 2 is 2.10 bits per heavy atom. The number of ether oxygens (including phenoxy) is 1. The third kappa shape index (κ3) is 2.39. The number of anilines is 2. The SMILES string of the molecule is Clc1ccc(Nc2ccc([C@@]34CN[C@@H](CO3)C4)cc2)nc1. The van der Waals surface area contributed by atoms with Crippen LogP contribution in [0.1, 0.15) is 12.0 Å². The van der Waals surface area contributed by atoms with E-state index >= 15 is 0 Å². The van der Waals surface area contributed by atoms with Gasteiger partial charge in [0.05, 0.1) is 11.6 Å². The van der Waals surface area contributed by atoms with Crippen LogP contribution in [0.3, 0.4) is 0 Å². The van der Waals surface area contributed by atoms with Crippen LogP contribution in [-0.4, -0.2) is 24.2 Å². The van der Waals surface area contributed by atoms with E-state index in [0.29, 0.717) is 11.1 Å². The minimum absolute atomic E-state index is 0.123. The Labute approximate surface area is 128 Å². The molecule has 0 amide bonds. The van der Waals surface area contributed by atoms with E-state index in [0.717, 1.165) is 31.1 Å². The Hall–Kier alpha value is -1.62. The normalized spacial score (nSPS) is 27.0. The van der Waals surface area contributed by atoms with Gasteiger partial charge < -0.3 is 15.4 Å². The largest absolute Gasteiger partial charge is 0.367 e. The number of hydrogen-bond donors (Lipinski definition) is 2. The summed E-state index contributed by atoms with van der Waals surface area (Å²) < 4.78 is 5.99. The molecule has 2 fully saturated rings. The summed E-state index contributed by atoms with van der Waals surface area (Å²) in [6.07, 6.45) is 2.70. The zero-order valence-electron chi connectivity index (χ0n) is 11.5. The molecule has 2 atom stereocenters. The molecule has 1 aromatic carbocycles. The van der Waals surface area contributed by atoms with Gasteiger partial charge in [0.25, 0.3) is 0 Å². The monoisotopic (exact) mass is 301 g/mol. The summed E-state index contributed by atoms with van der Waals surface area (Å²) >= 11 is 5.83. The summed E-state index contributed by atoms with van der Waals surface area (Å²) in [6, 6.07) is 12.6. The number of pyridine rings is 1. The number of nitrogens with one attached hydrogen (secondary N) is 2. The van der Waals surface area contributed by atoms with Crippen molar-refractivity contribution < 1.29 is 4.74 Å². The lowest BCUT2D eigenvalue weighted by molar-refractivity contribution is -0.00957. The maximum atomic E-state index is 5.99.